The van der Waals surface area contributed by atoms with E-state index in [9.17, 15) is 9.59 Å². The van der Waals surface area contributed by atoms with Crippen molar-refractivity contribution in [2.75, 3.05) is 0 Å². The van der Waals surface area contributed by atoms with E-state index in [1.165, 1.54) is 11.3 Å². The van der Waals surface area contributed by atoms with E-state index < -0.39 is 5.54 Å². The molecule has 26 heavy (non-hydrogen) atoms. The van der Waals surface area contributed by atoms with Crippen LogP contribution in [0.5, 0.6) is 0 Å². The molecule has 1 spiro atoms. The fourth-order valence-corrected chi connectivity index (χ4v) is 4.41. The van der Waals surface area contributed by atoms with Gasteiger partial charge in [-0.1, -0.05) is 30.7 Å². The molecule has 2 aromatic rings. The highest BCUT2D eigenvalue weighted by Gasteiger charge is 2.55. The van der Waals surface area contributed by atoms with Crippen LogP contribution >= 0.6 is 0 Å². The topological polar surface area (TPSA) is 80.1 Å². The third kappa shape index (κ3) is 2.00. The number of nitrogens with zero attached hydrogens (tertiary/aromatic N) is 4. The molecule has 1 saturated heterocycles. The lowest BCUT2D eigenvalue weighted by atomic mass is 9.85. The van der Waals surface area contributed by atoms with Crippen LogP contribution in [0.2, 0.25) is 0 Å². The van der Waals surface area contributed by atoms with E-state index in [1.807, 2.05) is 35.9 Å². The minimum Gasteiger partial charge on any atom is -0.319 e. The fraction of sp³-hybridized carbons (Fsp3) is 0.474. The molecule has 0 radical (unpaired) electrons. The van der Waals surface area contributed by atoms with E-state index in [0.29, 0.717) is 18.2 Å². The summed E-state index contributed by atoms with van der Waals surface area (Å²) in [6.45, 7) is 0.158. The van der Waals surface area contributed by atoms with E-state index >= 15 is 0 Å². The maximum Gasteiger partial charge on any atom is 0.325 e. The van der Waals surface area contributed by atoms with Gasteiger partial charge in [-0.25, -0.2) is 4.79 Å². The summed E-state index contributed by atoms with van der Waals surface area (Å²) in [4.78, 5) is 27.1. The molecule has 3 amide bonds. The summed E-state index contributed by atoms with van der Waals surface area (Å²) in [5.74, 6) is 1.89. The molecule has 2 fully saturated rings. The summed E-state index contributed by atoms with van der Waals surface area (Å²) in [7, 11) is 1.92. The summed E-state index contributed by atoms with van der Waals surface area (Å²) in [6, 6.07) is 7.51. The monoisotopic (exact) mass is 351 g/mol. The van der Waals surface area contributed by atoms with Crippen molar-refractivity contribution in [2.24, 2.45) is 7.05 Å². The Labute approximate surface area is 151 Å². The standard InChI is InChI=1S/C19H21N5O2/c1-23-15(21-22-16(23)13-6-4-7-13)11-24-17(25)19(20-18(24)26)10-9-12-5-2-3-8-14(12)19/h2-3,5,8,13H,4,6-7,9-11H2,1H3,(H,20,26). The number of urea groups is 1. The maximum atomic E-state index is 13.2. The molecule has 3 aliphatic rings. The molecule has 7 heteroatoms. The number of benzene rings is 1. The molecular weight excluding hydrogens is 330 g/mol. The average molecular weight is 351 g/mol. The van der Waals surface area contributed by atoms with Crippen molar-refractivity contribution in [1.29, 1.82) is 0 Å². The Kier molecular flexibility index (Phi) is 3.23. The van der Waals surface area contributed by atoms with Crippen LogP contribution in [-0.4, -0.2) is 31.6 Å². The van der Waals surface area contributed by atoms with Gasteiger partial charge in [0.1, 0.15) is 11.4 Å². The summed E-state index contributed by atoms with van der Waals surface area (Å²) in [5.41, 5.74) is 1.14. The molecule has 134 valence electrons. The second kappa shape index (κ2) is 5.40. The second-order valence-corrected chi connectivity index (χ2v) is 7.55. The number of amides is 3. The quantitative estimate of drug-likeness (QED) is 0.858. The van der Waals surface area contributed by atoms with Crippen LogP contribution in [0.4, 0.5) is 4.79 Å². The molecule has 7 nitrogen and oxygen atoms in total. The van der Waals surface area contributed by atoms with Gasteiger partial charge in [-0.3, -0.25) is 9.69 Å². The Morgan fingerprint density at radius 3 is 2.81 bits per heavy atom. The minimum atomic E-state index is -0.914. The highest BCUT2D eigenvalue weighted by molar-refractivity contribution is 6.08. The molecule has 2 aliphatic carbocycles. The number of hydrogen-bond donors (Lipinski definition) is 1. The molecule has 5 rings (SSSR count). The molecule has 1 unspecified atom stereocenters. The highest BCUT2D eigenvalue weighted by Crippen LogP contribution is 2.41. The molecular formula is C19H21N5O2. The minimum absolute atomic E-state index is 0.158. The second-order valence-electron chi connectivity index (χ2n) is 7.55. The van der Waals surface area contributed by atoms with Crippen molar-refractivity contribution in [3.05, 3.63) is 47.0 Å². The van der Waals surface area contributed by atoms with Crippen LogP contribution in [0.15, 0.2) is 24.3 Å². The smallest absolute Gasteiger partial charge is 0.319 e. The van der Waals surface area contributed by atoms with Gasteiger partial charge in [-0.05, 0) is 36.8 Å². The Morgan fingerprint density at radius 2 is 2.04 bits per heavy atom. The summed E-state index contributed by atoms with van der Waals surface area (Å²) < 4.78 is 1.94. The zero-order valence-corrected chi connectivity index (χ0v) is 14.7. The van der Waals surface area contributed by atoms with Gasteiger partial charge in [0.15, 0.2) is 5.82 Å². The number of carbonyl (C=O) groups is 2. The molecule has 1 atom stereocenters. The van der Waals surface area contributed by atoms with Crippen molar-refractivity contribution in [2.45, 2.75) is 50.1 Å². The predicted molar refractivity (Wildman–Crippen MR) is 93.1 cm³/mol. The zero-order valence-electron chi connectivity index (χ0n) is 14.7. The maximum absolute atomic E-state index is 13.2. The SMILES string of the molecule is Cn1c(CN2C(=O)NC3(CCc4ccccc43)C2=O)nnc1C1CCC1. The lowest BCUT2D eigenvalue weighted by Crippen LogP contribution is -2.41. The third-order valence-corrected chi connectivity index (χ3v) is 6.19. The molecule has 1 aromatic carbocycles. The molecule has 2 heterocycles. The molecule has 1 saturated carbocycles. The zero-order chi connectivity index (χ0) is 17.9. The number of hydrogen-bond acceptors (Lipinski definition) is 4. The molecule has 1 aliphatic heterocycles. The van der Waals surface area contributed by atoms with E-state index in [0.717, 1.165) is 36.2 Å². The van der Waals surface area contributed by atoms with Crippen LogP contribution in [0.3, 0.4) is 0 Å². The van der Waals surface area contributed by atoms with Crippen molar-refractivity contribution in [1.82, 2.24) is 25.0 Å². The van der Waals surface area contributed by atoms with Crippen LogP contribution in [0, 0.1) is 0 Å². The first kappa shape index (κ1) is 15.5. The molecule has 1 N–H and O–H groups in total. The number of carbonyl (C=O) groups excluding carboxylic acids is 2. The van der Waals surface area contributed by atoms with Crippen molar-refractivity contribution < 1.29 is 9.59 Å². The summed E-state index contributed by atoms with van der Waals surface area (Å²) in [6.07, 6.45) is 4.90. The summed E-state index contributed by atoms with van der Waals surface area (Å²) in [5, 5.41) is 11.5. The fourth-order valence-electron chi connectivity index (χ4n) is 4.41. The van der Waals surface area contributed by atoms with Crippen LogP contribution < -0.4 is 5.32 Å². The first-order valence-corrected chi connectivity index (χ1v) is 9.21. The van der Waals surface area contributed by atoms with E-state index in [2.05, 4.69) is 15.5 Å². The van der Waals surface area contributed by atoms with Gasteiger partial charge in [-0.2, -0.15) is 0 Å². The molecule has 1 aromatic heterocycles. The van der Waals surface area contributed by atoms with Crippen molar-refractivity contribution >= 4 is 11.9 Å². The van der Waals surface area contributed by atoms with Crippen molar-refractivity contribution in [3.8, 4) is 0 Å². The Bertz CT molecular complexity index is 916. The number of imide groups is 1. The molecule has 0 bridgehead atoms. The predicted octanol–water partition coefficient (Wildman–Crippen LogP) is 1.98. The summed E-state index contributed by atoms with van der Waals surface area (Å²) >= 11 is 0. The van der Waals surface area contributed by atoms with E-state index in [-0.39, 0.29) is 18.5 Å². The van der Waals surface area contributed by atoms with Gasteiger partial charge in [-0.15, -0.1) is 10.2 Å². The van der Waals surface area contributed by atoms with Gasteiger partial charge in [0.05, 0.1) is 6.54 Å². The highest BCUT2D eigenvalue weighted by atomic mass is 16.2. The van der Waals surface area contributed by atoms with Gasteiger partial charge >= 0.3 is 6.03 Å². The largest absolute Gasteiger partial charge is 0.325 e. The first-order valence-electron chi connectivity index (χ1n) is 9.21. The number of fused-ring (bicyclic) bond motifs is 2. The Hall–Kier alpha value is -2.70. The lowest BCUT2D eigenvalue weighted by Gasteiger charge is -2.24. The first-order chi connectivity index (χ1) is 12.6. The van der Waals surface area contributed by atoms with Gasteiger partial charge in [0, 0.05) is 13.0 Å². The van der Waals surface area contributed by atoms with Gasteiger partial charge < -0.3 is 9.88 Å². The Balaban J connectivity index is 1.44. The van der Waals surface area contributed by atoms with E-state index in [1.54, 1.807) is 0 Å². The number of aromatic nitrogens is 3. The van der Waals surface area contributed by atoms with Gasteiger partial charge in [0.2, 0.25) is 0 Å². The Morgan fingerprint density at radius 1 is 1.23 bits per heavy atom. The number of rotatable bonds is 3. The van der Waals surface area contributed by atoms with E-state index in [4.69, 9.17) is 0 Å². The normalized spacial score (nSPS) is 24.9. The number of aryl methyl sites for hydroxylation is 1. The van der Waals surface area contributed by atoms with Crippen molar-refractivity contribution in [3.63, 3.8) is 0 Å². The van der Waals surface area contributed by atoms with Crippen LogP contribution in [0.1, 0.15) is 54.4 Å². The lowest BCUT2D eigenvalue weighted by molar-refractivity contribution is -0.132. The average Bonchev–Trinajstić information content (AvgIpc) is 3.21. The van der Waals surface area contributed by atoms with Gasteiger partial charge in [0.25, 0.3) is 5.91 Å². The van der Waals surface area contributed by atoms with Crippen LogP contribution in [0.25, 0.3) is 0 Å². The number of nitrogens with one attached hydrogen (secondary N) is 1. The third-order valence-electron chi connectivity index (χ3n) is 6.19. The van der Waals surface area contributed by atoms with Crippen LogP contribution in [-0.2, 0) is 30.3 Å².